The van der Waals surface area contributed by atoms with Crippen molar-refractivity contribution in [2.45, 2.75) is 71.1 Å². The monoisotopic (exact) mass is 472 g/mol. The highest BCUT2D eigenvalue weighted by molar-refractivity contribution is 5.97. The Bertz CT molecular complexity index is 890. The van der Waals surface area contributed by atoms with Crippen molar-refractivity contribution in [1.82, 2.24) is 5.32 Å². The highest BCUT2D eigenvalue weighted by Gasteiger charge is 2.33. The molecule has 1 saturated carbocycles. The van der Waals surface area contributed by atoms with E-state index in [0.29, 0.717) is 0 Å². The van der Waals surface area contributed by atoms with Gasteiger partial charge in [0.25, 0.3) is 5.91 Å². The maximum Gasteiger partial charge on any atom is 0.328 e. The van der Waals surface area contributed by atoms with E-state index in [4.69, 9.17) is 14.2 Å². The van der Waals surface area contributed by atoms with E-state index in [1.807, 2.05) is 37.3 Å². The van der Waals surface area contributed by atoms with Crippen LogP contribution in [0.3, 0.4) is 0 Å². The molecule has 0 radical (unpaired) electrons. The van der Waals surface area contributed by atoms with Gasteiger partial charge in [0.2, 0.25) is 0 Å². The first-order chi connectivity index (χ1) is 16.3. The van der Waals surface area contributed by atoms with Crippen molar-refractivity contribution in [3.8, 4) is 5.75 Å². The van der Waals surface area contributed by atoms with E-state index in [9.17, 15) is 14.7 Å². The van der Waals surface area contributed by atoms with Gasteiger partial charge in [0.05, 0.1) is 7.11 Å². The molecule has 1 amide bonds. The Kier molecular flexibility index (Phi) is 10.6. The molecule has 0 aromatic heterocycles. The lowest BCUT2D eigenvalue weighted by Gasteiger charge is -2.34. The average molecular weight is 473 g/mol. The summed E-state index contributed by atoms with van der Waals surface area (Å²) in [6.07, 6.45) is 6.11. The van der Waals surface area contributed by atoms with Crippen LogP contribution < -0.4 is 10.1 Å². The van der Waals surface area contributed by atoms with Gasteiger partial charge in [-0.3, -0.25) is 9.79 Å². The van der Waals surface area contributed by atoms with Crippen molar-refractivity contribution in [3.05, 3.63) is 53.6 Å². The number of aliphatic imine (C=N–C) groups is 1. The lowest BCUT2D eigenvalue weighted by Crippen LogP contribution is -2.45. The van der Waals surface area contributed by atoms with Crippen molar-refractivity contribution in [2.24, 2.45) is 10.9 Å². The zero-order valence-corrected chi connectivity index (χ0v) is 20.5. The molecule has 1 aromatic carbocycles. The zero-order valence-electron chi connectivity index (χ0n) is 20.5. The molecule has 1 fully saturated rings. The predicted molar refractivity (Wildman–Crippen MR) is 131 cm³/mol. The first kappa shape index (κ1) is 27.0. The van der Waals surface area contributed by atoms with Crippen LogP contribution in [0.1, 0.15) is 52.9 Å². The number of aliphatic hydroxyl groups excluding tert-OH is 1. The number of allylic oxidation sites excluding steroid dienone is 1. The Morgan fingerprint density at radius 2 is 1.82 bits per heavy atom. The Morgan fingerprint density at radius 3 is 2.38 bits per heavy atom. The smallest absolute Gasteiger partial charge is 0.328 e. The summed E-state index contributed by atoms with van der Waals surface area (Å²) in [4.78, 5) is 29.0. The largest absolute Gasteiger partial charge is 0.503 e. The topological polar surface area (TPSA) is 106 Å². The van der Waals surface area contributed by atoms with Gasteiger partial charge in [-0.2, -0.15) is 0 Å². The first-order valence-corrected chi connectivity index (χ1v) is 11.7. The quantitative estimate of drug-likeness (QED) is 0.162. The van der Waals surface area contributed by atoms with Crippen LogP contribution in [-0.2, 0) is 19.1 Å². The number of carbonyl (C=O) groups is 2. The second-order valence-corrected chi connectivity index (χ2v) is 8.34. The van der Waals surface area contributed by atoms with Crippen LogP contribution in [0, 0.1) is 5.92 Å². The Morgan fingerprint density at radius 1 is 1.18 bits per heavy atom. The van der Waals surface area contributed by atoms with E-state index in [1.54, 1.807) is 6.92 Å². The molecule has 8 nitrogen and oxygen atoms in total. The third kappa shape index (κ3) is 7.37. The average Bonchev–Trinajstić information content (AvgIpc) is 2.84. The van der Waals surface area contributed by atoms with Gasteiger partial charge in [-0.15, -0.1) is 0 Å². The van der Waals surface area contributed by atoms with E-state index in [1.165, 1.54) is 26.5 Å². The number of para-hydroxylation sites is 1. The van der Waals surface area contributed by atoms with E-state index in [0.717, 1.165) is 31.4 Å². The molecule has 0 heterocycles. The predicted octanol–water partition coefficient (Wildman–Crippen LogP) is 4.47. The molecule has 0 saturated heterocycles. The summed E-state index contributed by atoms with van der Waals surface area (Å²) in [6.45, 7) is 8.28. The summed E-state index contributed by atoms with van der Waals surface area (Å²) in [5, 5.41) is 12.8. The minimum Gasteiger partial charge on any atom is -0.503 e. The highest BCUT2D eigenvalue weighted by Crippen LogP contribution is 2.31. The van der Waals surface area contributed by atoms with Gasteiger partial charge in [0, 0.05) is 0 Å². The lowest BCUT2D eigenvalue weighted by molar-refractivity contribution is -0.157. The molecule has 0 unspecified atom stereocenters. The Labute approximate surface area is 201 Å². The lowest BCUT2D eigenvalue weighted by atomic mass is 9.83. The maximum atomic E-state index is 12.8. The second kappa shape index (κ2) is 13.4. The van der Waals surface area contributed by atoms with Gasteiger partial charge < -0.3 is 24.6 Å². The molecule has 1 aliphatic rings. The number of nitrogens with zero attached hydrogens (tertiary/aromatic N) is 1. The zero-order chi connectivity index (χ0) is 25.1. The van der Waals surface area contributed by atoms with E-state index in [-0.39, 0.29) is 23.5 Å². The standard InChI is InChI=1S/C26H36N2O6/c1-6-21(32-5)23(29)22(27-4)25(30)28-17(2)26(31)33-18(3)24(19-13-9-7-10-14-19)34-20-15-11-8-12-16-20/h6,8,11-12,15-19,24,29H,4,7,9-10,13-14H2,1-3,5H3,(H,28,30)/b21-6+,23-22+/t17-,18-,24-/m0/s1. The minimum absolute atomic E-state index is 0.0646. The molecule has 0 aliphatic heterocycles. The van der Waals surface area contributed by atoms with E-state index >= 15 is 0 Å². The van der Waals surface area contributed by atoms with Gasteiger partial charge in [-0.1, -0.05) is 37.5 Å². The van der Waals surface area contributed by atoms with Crippen LogP contribution in [0.4, 0.5) is 0 Å². The van der Waals surface area contributed by atoms with Crippen molar-refractivity contribution in [3.63, 3.8) is 0 Å². The summed E-state index contributed by atoms with van der Waals surface area (Å²) in [5.74, 6) is -0.798. The van der Waals surface area contributed by atoms with E-state index < -0.39 is 29.8 Å². The summed E-state index contributed by atoms with van der Waals surface area (Å²) in [7, 11) is 1.35. The summed E-state index contributed by atoms with van der Waals surface area (Å²) >= 11 is 0. The number of methoxy groups -OCH3 is 1. The second-order valence-electron chi connectivity index (χ2n) is 8.34. The number of hydrogen-bond acceptors (Lipinski definition) is 7. The summed E-state index contributed by atoms with van der Waals surface area (Å²) in [5.41, 5.74) is -0.352. The number of benzene rings is 1. The van der Waals surface area contributed by atoms with Gasteiger partial charge in [-0.05, 0) is 64.5 Å². The molecule has 186 valence electrons. The molecule has 0 bridgehead atoms. The van der Waals surface area contributed by atoms with Gasteiger partial charge >= 0.3 is 5.97 Å². The molecule has 3 atom stereocenters. The van der Waals surface area contributed by atoms with Crippen LogP contribution in [0.5, 0.6) is 5.75 Å². The molecular weight excluding hydrogens is 436 g/mol. The molecule has 34 heavy (non-hydrogen) atoms. The van der Waals surface area contributed by atoms with Crippen molar-refractivity contribution in [1.29, 1.82) is 0 Å². The fourth-order valence-corrected chi connectivity index (χ4v) is 4.09. The molecular formula is C26H36N2O6. The van der Waals surface area contributed by atoms with Crippen molar-refractivity contribution in [2.75, 3.05) is 7.11 Å². The van der Waals surface area contributed by atoms with Gasteiger partial charge in [0.1, 0.15) is 24.0 Å². The summed E-state index contributed by atoms with van der Waals surface area (Å²) < 4.78 is 17.0. The number of nitrogens with one attached hydrogen (secondary N) is 1. The molecule has 1 aliphatic carbocycles. The molecule has 2 N–H and O–H groups in total. The molecule has 0 spiro atoms. The normalized spacial score (nSPS) is 18.1. The number of hydrogen-bond donors (Lipinski definition) is 2. The SMILES string of the molecule is C=N/C(C(=O)N[C@@H](C)C(=O)O[C@@H](C)[C@H](Oc1ccccc1)C1CCCCC1)=C(O)\C(=C/C)OC. The highest BCUT2D eigenvalue weighted by atomic mass is 16.6. The molecule has 8 heteroatoms. The fraction of sp³-hybridized carbons (Fsp3) is 0.500. The van der Waals surface area contributed by atoms with Gasteiger partial charge in [0.15, 0.2) is 17.2 Å². The first-order valence-electron chi connectivity index (χ1n) is 11.7. The van der Waals surface area contributed by atoms with E-state index in [2.05, 4.69) is 17.0 Å². The maximum absolute atomic E-state index is 12.8. The van der Waals surface area contributed by atoms with Crippen molar-refractivity contribution >= 4 is 18.6 Å². The number of carbonyl (C=O) groups excluding carboxylic acids is 2. The fourth-order valence-electron chi connectivity index (χ4n) is 4.09. The Hall–Kier alpha value is -3.29. The number of amides is 1. The van der Waals surface area contributed by atoms with Crippen LogP contribution in [-0.4, -0.2) is 49.1 Å². The van der Waals surface area contributed by atoms with Crippen molar-refractivity contribution < 1.29 is 28.9 Å². The number of aliphatic hydroxyl groups is 1. The third-order valence-corrected chi connectivity index (χ3v) is 5.91. The number of esters is 1. The van der Waals surface area contributed by atoms with Crippen LogP contribution in [0.25, 0.3) is 0 Å². The van der Waals surface area contributed by atoms with Crippen LogP contribution in [0.2, 0.25) is 0 Å². The van der Waals surface area contributed by atoms with Crippen LogP contribution in [0.15, 0.2) is 58.6 Å². The summed E-state index contributed by atoms with van der Waals surface area (Å²) in [6, 6.07) is 8.50. The molecule has 2 rings (SSSR count). The molecule has 1 aromatic rings. The number of rotatable bonds is 11. The van der Waals surface area contributed by atoms with Crippen LogP contribution >= 0.6 is 0 Å². The van der Waals surface area contributed by atoms with Gasteiger partial charge in [-0.25, -0.2) is 4.79 Å². The Balaban J connectivity index is 2.09. The minimum atomic E-state index is -0.986. The number of ether oxygens (including phenoxy) is 3. The third-order valence-electron chi connectivity index (χ3n) is 5.91.